The summed E-state index contributed by atoms with van der Waals surface area (Å²) in [6.45, 7) is 0. The average molecular weight is 231 g/mol. The minimum atomic E-state index is -0.439. The van der Waals surface area contributed by atoms with Crippen molar-refractivity contribution in [3.63, 3.8) is 0 Å². The lowest BCUT2D eigenvalue weighted by molar-refractivity contribution is 0.417. The summed E-state index contributed by atoms with van der Waals surface area (Å²) in [7, 11) is 0. The zero-order valence-corrected chi connectivity index (χ0v) is 9.11. The molecule has 0 heterocycles. The van der Waals surface area contributed by atoms with E-state index in [1.807, 2.05) is 0 Å². The molecule has 0 N–H and O–H groups in total. The molecule has 2 rings (SSSR count). The van der Waals surface area contributed by atoms with Crippen LogP contribution in [-0.4, -0.2) is 5.38 Å². The number of rotatable bonds is 1. The smallest absolute Gasteiger partial charge is 0.129 e. The van der Waals surface area contributed by atoms with Crippen LogP contribution in [0.3, 0.4) is 0 Å². The van der Waals surface area contributed by atoms with Gasteiger partial charge in [0.05, 0.1) is 0 Å². The molecule has 1 aromatic carbocycles. The third-order valence-corrected chi connectivity index (χ3v) is 3.41. The van der Waals surface area contributed by atoms with Crippen LogP contribution in [0.5, 0.6) is 0 Å². The first-order valence-electron chi connectivity index (χ1n) is 5.26. The van der Waals surface area contributed by atoms with Crippen molar-refractivity contribution in [2.24, 2.45) is 0 Å². The SMILES string of the molecule is Fc1cccc(F)c1C1CCCC(Cl)C1. The second kappa shape index (κ2) is 4.48. The fourth-order valence-electron chi connectivity index (χ4n) is 2.29. The zero-order chi connectivity index (χ0) is 10.8. The van der Waals surface area contributed by atoms with E-state index in [0.717, 1.165) is 19.3 Å². The van der Waals surface area contributed by atoms with E-state index in [1.54, 1.807) is 0 Å². The highest BCUT2D eigenvalue weighted by Gasteiger charge is 2.26. The molecule has 2 atom stereocenters. The summed E-state index contributed by atoms with van der Waals surface area (Å²) in [5.41, 5.74) is 0.225. The van der Waals surface area contributed by atoms with Crippen LogP contribution in [0.25, 0.3) is 0 Å². The van der Waals surface area contributed by atoms with Crippen molar-refractivity contribution in [1.29, 1.82) is 0 Å². The summed E-state index contributed by atoms with van der Waals surface area (Å²) < 4.78 is 27.0. The van der Waals surface area contributed by atoms with Crippen molar-refractivity contribution >= 4 is 11.6 Å². The molecule has 1 saturated carbocycles. The molecule has 82 valence electrons. The van der Waals surface area contributed by atoms with Gasteiger partial charge < -0.3 is 0 Å². The lowest BCUT2D eigenvalue weighted by atomic mass is 9.83. The van der Waals surface area contributed by atoms with E-state index >= 15 is 0 Å². The molecule has 0 aromatic heterocycles. The highest BCUT2D eigenvalue weighted by Crippen LogP contribution is 2.37. The van der Waals surface area contributed by atoms with E-state index in [1.165, 1.54) is 18.2 Å². The van der Waals surface area contributed by atoms with Crippen molar-refractivity contribution in [3.8, 4) is 0 Å². The average Bonchev–Trinajstić information content (AvgIpc) is 2.17. The highest BCUT2D eigenvalue weighted by molar-refractivity contribution is 6.20. The molecule has 1 aliphatic rings. The van der Waals surface area contributed by atoms with Gasteiger partial charge in [0.25, 0.3) is 0 Å². The number of benzene rings is 1. The second-order valence-electron chi connectivity index (χ2n) is 4.10. The Balaban J connectivity index is 2.28. The van der Waals surface area contributed by atoms with Crippen LogP contribution < -0.4 is 0 Å². The summed E-state index contributed by atoms with van der Waals surface area (Å²) in [5.74, 6) is -0.931. The minimum Gasteiger partial charge on any atom is -0.207 e. The van der Waals surface area contributed by atoms with Crippen molar-refractivity contribution < 1.29 is 8.78 Å². The molecule has 3 heteroatoms. The molecule has 0 aliphatic heterocycles. The Hall–Kier alpha value is -0.630. The molecule has 0 saturated heterocycles. The van der Waals surface area contributed by atoms with Gasteiger partial charge in [0.15, 0.2) is 0 Å². The van der Waals surface area contributed by atoms with Gasteiger partial charge in [0.1, 0.15) is 11.6 Å². The van der Waals surface area contributed by atoms with Gasteiger partial charge in [-0.2, -0.15) is 0 Å². The first-order chi connectivity index (χ1) is 7.18. The predicted octanol–water partition coefficient (Wildman–Crippen LogP) is 4.23. The zero-order valence-electron chi connectivity index (χ0n) is 8.35. The quantitative estimate of drug-likeness (QED) is 0.634. The Morgan fingerprint density at radius 1 is 1.13 bits per heavy atom. The molecule has 0 amide bonds. The standard InChI is InChI=1S/C12H13ClF2/c13-9-4-1-3-8(7-9)12-10(14)5-2-6-11(12)15/h2,5-6,8-9H,1,3-4,7H2. The first kappa shape index (κ1) is 10.9. The van der Waals surface area contributed by atoms with Gasteiger partial charge in [-0.05, 0) is 37.3 Å². The molecule has 2 unspecified atom stereocenters. The third kappa shape index (κ3) is 2.31. The summed E-state index contributed by atoms with van der Waals surface area (Å²) in [5, 5.41) is 0.0581. The molecule has 0 spiro atoms. The maximum absolute atomic E-state index is 13.5. The van der Waals surface area contributed by atoms with E-state index in [4.69, 9.17) is 11.6 Å². The van der Waals surface area contributed by atoms with Gasteiger partial charge in [-0.1, -0.05) is 12.5 Å². The van der Waals surface area contributed by atoms with E-state index in [2.05, 4.69) is 0 Å². The minimum absolute atomic E-state index is 0.0533. The van der Waals surface area contributed by atoms with Crippen LogP contribution in [0, 0.1) is 11.6 Å². The van der Waals surface area contributed by atoms with Gasteiger partial charge in [-0.25, -0.2) is 8.78 Å². The topological polar surface area (TPSA) is 0 Å². The summed E-state index contributed by atoms with van der Waals surface area (Å²) in [4.78, 5) is 0. The Bertz CT molecular complexity index is 331. The van der Waals surface area contributed by atoms with Gasteiger partial charge in [0.2, 0.25) is 0 Å². The number of halogens is 3. The fraction of sp³-hybridized carbons (Fsp3) is 0.500. The summed E-state index contributed by atoms with van der Waals surface area (Å²) in [6, 6.07) is 4.03. The molecule has 0 nitrogen and oxygen atoms in total. The molecular weight excluding hydrogens is 218 g/mol. The van der Waals surface area contributed by atoms with Gasteiger partial charge >= 0.3 is 0 Å². The maximum Gasteiger partial charge on any atom is 0.129 e. The van der Waals surface area contributed by atoms with Crippen LogP contribution in [-0.2, 0) is 0 Å². The molecule has 1 aliphatic carbocycles. The van der Waals surface area contributed by atoms with Gasteiger partial charge in [0, 0.05) is 10.9 Å². The molecule has 1 aromatic rings. The van der Waals surface area contributed by atoms with Crippen molar-refractivity contribution in [1.82, 2.24) is 0 Å². The normalized spacial score (nSPS) is 26.6. The Labute approximate surface area is 93.2 Å². The van der Waals surface area contributed by atoms with Crippen LogP contribution in [0.1, 0.15) is 37.2 Å². The number of hydrogen-bond acceptors (Lipinski definition) is 0. The lowest BCUT2D eigenvalue weighted by Gasteiger charge is -2.26. The van der Waals surface area contributed by atoms with Crippen molar-refractivity contribution in [2.75, 3.05) is 0 Å². The molecule has 15 heavy (non-hydrogen) atoms. The number of hydrogen-bond donors (Lipinski definition) is 0. The summed E-state index contributed by atoms with van der Waals surface area (Å²) >= 11 is 6.02. The molecule has 0 radical (unpaired) electrons. The van der Waals surface area contributed by atoms with Gasteiger partial charge in [-0.15, -0.1) is 11.6 Å². The second-order valence-corrected chi connectivity index (χ2v) is 4.71. The molecule has 1 fully saturated rings. The Morgan fingerprint density at radius 3 is 2.40 bits per heavy atom. The number of alkyl halides is 1. The third-order valence-electron chi connectivity index (χ3n) is 3.02. The Morgan fingerprint density at radius 2 is 1.80 bits per heavy atom. The van der Waals surface area contributed by atoms with Crippen LogP contribution in [0.4, 0.5) is 8.78 Å². The maximum atomic E-state index is 13.5. The largest absolute Gasteiger partial charge is 0.207 e. The summed E-state index contributed by atoms with van der Waals surface area (Å²) in [6.07, 6.45) is 3.42. The van der Waals surface area contributed by atoms with Crippen LogP contribution in [0.15, 0.2) is 18.2 Å². The van der Waals surface area contributed by atoms with E-state index < -0.39 is 11.6 Å². The van der Waals surface area contributed by atoms with Crippen LogP contribution >= 0.6 is 11.6 Å². The predicted molar refractivity (Wildman–Crippen MR) is 57.2 cm³/mol. The van der Waals surface area contributed by atoms with Crippen molar-refractivity contribution in [2.45, 2.75) is 37.0 Å². The highest BCUT2D eigenvalue weighted by atomic mass is 35.5. The monoisotopic (exact) mass is 230 g/mol. The van der Waals surface area contributed by atoms with E-state index in [9.17, 15) is 8.78 Å². The van der Waals surface area contributed by atoms with E-state index in [-0.39, 0.29) is 16.9 Å². The Kier molecular flexibility index (Phi) is 3.25. The van der Waals surface area contributed by atoms with Crippen molar-refractivity contribution in [3.05, 3.63) is 35.4 Å². The lowest BCUT2D eigenvalue weighted by Crippen LogP contribution is -2.16. The van der Waals surface area contributed by atoms with Gasteiger partial charge in [-0.3, -0.25) is 0 Å². The van der Waals surface area contributed by atoms with E-state index in [0.29, 0.717) is 6.42 Å². The van der Waals surface area contributed by atoms with Crippen LogP contribution in [0.2, 0.25) is 0 Å². The first-order valence-corrected chi connectivity index (χ1v) is 5.70. The molecule has 0 bridgehead atoms. The fourth-order valence-corrected chi connectivity index (χ4v) is 2.66. The molecular formula is C12H13ClF2.